The highest BCUT2D eigenvalue weighted by Gasteiger charge is 2.08. The standard InChI is InChI=1S/C16H22O2/c1-3-5-6-7-12-18-16-14(9-4-2)10-8-11-15(16)13-17/h4,8,10-11,13H,2-3,5-7,9,12H2,1H3. The maximum Gasteiger partial charge on any atom is 0.153 e. The zero-order valence-corrected chi connectivity index (χ0v) is 11.2. The third kappa shape index (κ3) is 4.36. The quantitative estimate of drug-likeness (QED) is 0.371. The summed E-state index contributed by atoms with van der Waals surface area (Å²) in [5.41, 5.74) is 1.66. The van der Waals surface area contributed by atoms with Crippen molar-refractivity contribution in [2.45, 2.75) is 39.0 Å². The molecule has 1 aromatic carbocycles. The Balaban J connectivity index is 2.65. The lowest BCUT2D eigenvalue weighted by Crippen LogP contribution is -2.03. The summed E-state index contributed by atoms with van der Waals surface area (Å²) in [5.74, 6) is 0.726. The maximum absolute atomic E-state index is 11.0. The molecule has 0 aromatic heterocycles. The van der Waals surface area contributed by atoms with Crippen LogP contribution in [-0.2, 0) is 6.42 Å². The smallest absolute Gasteiger partial charge is 0.153 e. The van der Waals surface area contributed by atoms with Gasteiger partial charge in [-0.05, 0) is 24.5 Å². The van der Waals surface area contributed by atoms with Crippen molar-refractivity contribution in [2.24, 2.45) is 0 Å². The van der Waals surface area contributed by atoms with Crippen LogP contribution in [0.2, 0.25) is 0 Å². The minimum atomic E-state index is 0.629. The van der Waals surface area contributed by atoms with Gasteiger partial charge in [-0.2, -0.15) is 0 Å². The normalized spacial score (nSPS) is 10.1. The van der Waals surface area contributed by atoms with Gasteiger partial charge in [-0.15, -0.1) is 6.58 Å². The van der Waals surface area contributed by atoms with E-state index in [-0.39, 0.29) is 0 Å². The highest BCUT2D eigenvalue weighted by molar-refractivity contribution is 5.80. The predicted molar refractivity (Wildman–Crippen MR) is 75.4 cm³/mol. The van der Waals surface area contributed by atoms with Crippen LogP contribution in [0.3, 0.4) is 0 Å². The molecule has 98 valence electrons. The fraction of sp³-hybridized carbons (Fsp3) is 0.438. The number of benzene rings is 1. The van der Waals surface area contributed by atoms with Crippen LogP contribution in [0.25, 0.3) is 0 Å². The zero-order chi connectivity index (χ0) is 13.2. The second-order valence-electron chi connectivity index (χ2n) is 4.36. The molecule has 2 nitrogen and oxygen atoms in total. The minimum Gasteiger partial charge on any atom is -0.493 e. The van der Waals surface area contributed by atoms with Crippen molar-refractivity contribution in [1.29, 1.82) is 0 Å². The summed E-state index contributed by atoms with van der Waals surface area (Å²) in [6.07, 6.45) is 8.07. The van der Waals surface area contributed by atoms with E-state index in [0.717, 1.165) is 30.4 Å². The van der Waals surface area contributed by atoms with Crippen LogP contribution >= 0.6 is 0 Å². The molecular weight excluding hydrogens is 224 g/mol. The number of carbonyl (C=O) groups excluding carboxylic acids is 1. The van der Waals surface area contributed by atoms with Gasteiger partial charge in [0, 0.05) is 0 Å². The van der Waals surface area contributed by atoms with Gasteiger partial charge < -0.3 is 4.74 Å². The Hall–Kier alpha value is -1.57. The third-order valence-corrected chi connectivity index (χ3v) is 2.86. The van der Waals surface area contributed by atoms with Crippen LogP contribution in [0, 0.1) is 0 Å². The van der Waals surface area contributed by atoms with E-state index in [2.05, 4.69) is 13.5 Å². The Bertz CT molecular complexity index is 383. The molecule has 0 saturated heterocycles. The van der Waals surface area contributed by atoms with Crippen LogP contribution in [0.5, 0.6) is 5.75 Å². The summed E-state index contributed by atoms with van der Waals surface area (Å²) in [7, 11) is 0. The number of hydrogen-bond donors (Lipinski definition) is 0. The number of ether oxygens (including phenoxy) is 1. The molecule has 0 bridgehead atoms. The van der Waals surface area contributed by atoms with Crippen molar-refractivity contribution in [3.8, 4) is 5.75 Å². The fourth-order valence-corrected chi connectivity index (χ4v) is 1.89. The Morgan fingerprint density at radius 1 is 1.28 bits per heavy atom. The first-order valence-electron chi connectivity index (χ1n) is 6.64. The van der Waals surface area contributed by atoms with Crippen LogP contribution < -0.4 is 4.74 Å². The second-order valence-corrected chi connectivity index (χ2v) is 4.36. The van der Waals surface area contributed by atoms with Gasteiger partial charge >= 0.3 is 0 Å². The van der Waals surface area contributed by atoms with Gasteiger partial charge in [0.05, 0.1) is 12.2 Å². The van der Waals surface area contributed by atoms with Crippen LogP contribution in [0.15, 0.2) is 30.9 Å². The van der Waals surface area contributed by atoms with E-state index in [9.17, 15) is 4.79 Å². The summed E-state index contributed by atoms with van der Waals surface area (Å²) in [6.45, 7) is 6.59. The first kappa shape index (κ1) is 14.5. The zero-order valence-electron chi connectivity index (χ0n) is 11.2. The molecule has 0 amide bonds. The van der Waals surface area contributed by atoms with E-state index in [0.29, 0.717) is 12.2 Å². The Kier molecular flexibility index (Phi) is 6.85. The molecule has 1 aromatic rings. The summed E-state index contributed by atoms with van der Waals surface area (Å²) in [5, 5.41) is 0. The van der Waals surface area contributed by atoms with E-state index in [1.165, 1.54) is 19.3 Å². The molecule has 0 heterocycles. The highest BCUT2D eigenvalue weighted by Crippen LogP contribution is 2.24. The van der Waals surface area contributed by atoms with Gasteiger partial charge in [-0.3, -0.25) is 4.79 Å². The van der Waals surface area contributed by atoms with Gasteiger partial charge in [-0.1, -0.05) is 44.4 Å². The van der Waals surface area contributed by atoms with Crippen LogP contribution in [-0.4, -0.2) is 12.9 Å². The first-order valence-corrected chi connectivity index (χ1v) is 6.64. The average molecular weight is 246 g/mol. The largest absolute Gasteiger partial charge is 0.493 e. The molecule has 0 radical (unpaired) electrons. The van der Waals surface area contributed by atoms with Crippen molar-refractivity contribution in [3.63, 3.8) is 0 Å². The van der Waals surface area contributed by atoms with Gasteiger partial charge in [0.25, 0.3) is 0 Å². The second kappa shape index (κ2) is 8.51. The SMILES string of the molecule is C=CCc1cccc(C=O)c1OCCCCCC. The lowest BCUT2D eigenvalue weighted by molar-refractivity contribution is 0.111. The van der Waals surface area contributed by atoms with E-state index < -0.39 is 0 Å². The van der Waals surface area contributed by atoms with Crippen molar-refractivity contribution in [3.05, 3.63) is 42.0 Å². The molecule has 1 rings (SSSR count). The number of rotatable bonds is 9. The third-order valence-electron chi connectivity index (χ3n) is 2.86. The maximum atomic E-state index is 11.0. The molecule has 0 N–H and O–H groups in total. The molecule has 0 atom stereocenters. The van der Waals surface area contributed by atoms with Gasteiger partial charge in [0.1, 0.15) is 5.75 Å². The lowest BCUT2D eigenvalue weighted by atomic mass is 10.1. The van der Waals surface area contributed by atoms with Crippen molar-refractivity contribution in [2.75, 3.05) is 6.61 Å². The molecule has 0 saturated carbocycles. The monoisotopic (exact) mass is 246 g/mol. The molecule has 18 heavy (non-hydrogen) atoms. The number of carbonyl (C=O) groups is 1. The van der Waals surface area contributed by atoms with E-state index in [1.54, 1.807) is 6.07 Å². The van der Waals surface area contributed by atoms with Crippen LogP contribution in [0.4, 0.5) is 0 Å². The number of allylic oxidation sites excluding steroid dienone is 1. The Labute approximate surface area is 110 Å². The molecule has 0 fully saturated rings. The highest BCUT2D eigenvalue weighted by atomic mass is 16.5. The molecule has 0 spiro atoms. The molecule has 0 aliphatic heterocycles. The number of para-hydroxylation sites is 1. The van der Waals surface area contributed by atoms with Crippen molar-refractivity contribution in [1.82, 2.24) is 0 Å². The Morgan fingerprint density at radius 2 is 2.11 bits per heavy atom. The minimum absolute atomic E-state index is 0.629. The molecule has 2 heteroatoms. The fourth-order valence-electron chi connectivity index (χ4n) is 1.89. The van der Waals surface area contributed by atoms with Gasteiger partial charge in [0.15, 0.2) is 6.29 Å². The van der Waals surface area contributed by atoms with Gasteiger partial charge in [-0.25, -0.2) is 0 Å². The lowest BCUT2D eigenvalue weighted by Gasteiger charge is -2.12. The molecule has 0 aliphatic carbocycles. The average Bonchev–Trinajstić information content (AvgIpc) is 2.40. The Morgan fingerprint density at radius 3 is 2.78 bits per heavy atom. The van der Waals surface area contributed by atoms with E-state index in [1.807, 2.05) is 18.2 Å². The van der Waals surface area contributed by atoms with Gasteiger partial charge in [0.2, 0.25) is 0 Å². The number of aldehydes is 1. The van der Waals surface area contributed by atoms with Crippen LogP contribution in [0.1, 0.15) is 48.5 Å². The van der Waals surface area contributed by atoms with Crippen molar-refractivity contribution < 1.29 is 9.53 Å². The topological polar surface area (TPSA) is 26.3 Å². The summed E-state index contributed by atoms with van der Waals surface area (Å²) in [6, 6.07) is 5.66. The molecular formula is C16H22O2. The predicted octanol–water partition coefficient (Wildman–Crippen LogP) is 4.19. The number of hydrogen-bond acceptors (Lipinski definition) is 2. The summed E-state index contributed by atoms with van der Waals surface area (Å²) >= 11 is 0. The molecule has 0 unspecified atom stereocenters. The van der Waals surface area contributed by atoms with Crippen molar-refractivity contribution >= 4 is 6.29 Å². The first-order chi connectivity index (χ1) is 8.83. The number of unbranched alkanes of at least 4 members (excludes halogenated alkanes) is 3. The summed E-state index contributed by atoms with van der Waals surface area (Å²) < 4.78 is 5.78. The van der Waals surface area contributed by atoms with E-state index >= 15 is 0 Å². The van der Waals surface area contributed by atoms with E-state index in [4.69, 9.17) is 4.74 Å². The molecule has 0 aliphatic rings. The summed E-state index contributed by atoms with van der Waals surface area (Å²) in [4.78, 5) is 11.0.